The number of likely N-dealkylation sites (N-methyl/N-ethyl adjacent to an activating group) is 1. The van der Waals surface area contributed by atoms with Gasteiger partial charge >= 0.3 is 6.03 Å². The molecule has 8 heteroatoms. The maximum atomic E-state index is 12.3. The number of benzene rings is 1. The van der Waals surface area contributed by atoms with Gasteiger partial charge < -0.3 is 19.7 Å². The zero-order valence-electron chi connectivity index (χ0n) is 15.3. The molecule has 0 radical (unpaired) electrons. The van der Waals surface area contributed by atoms with Gasteiger partial charge in [-0.25, -0.2) is 9.78 Å². The van der Waals surface area contributed by atoms with Crippen molar-refractivity contribution in [3.63, 3.8) is 0 Å². The molecule has 0 saturated heterocycles. The van der Waals surface area contributed by atoms with Crippen LogP contribution in [0.1, 0.15) is 24.4 Å². The van der Waals surface area contributed by atoms with Gasteiger partial charge in [0, 0.05) is 20.6 Å². The Balaban J connectivity index is 1.90. The molecule has 0 saturated carbocycles. The molecule has 1 unspecified atom stereocenters. The molecule has 0 fully saturated rings. The van der Waals surface area contributed by atoms with Crippen LogP contribution in [0, 0.1) is 0 Å². The van der Waals surface area contributed by atoms with Crippen LogP contribution < -0.4 is 14.8 Å². The lowest BCUT2D eigenvalue weighted by Gasteiger charge is -2.21. The van der Waals surface area contributed by atoms with E-state index in [1.54, 1.807) is 37.9 Å². The van der Waals surface area contributed by atoms with Gasteiger partial charge in [-0.15, -0.1) is 0 Å². The molecule has 1 aromatic heterocycles. The fourth-order valence-corrected chi connectivity index (χ4v) is 2.49. The van der Waals surface area contributed by atoms with Gasteiger partial charge in [0.2, 0.25) is 0 Å². The minimum atomic E-state index is -0.219. The Labute approximate surface area is 147 Å². The van der Waals surface area contributed by atoms with Crippen molar-refractivity contribution in [3.8, 4) is 11.5 Å². The van der Waals surface area contributed by atoms with E-state index in [1.807, 2.05) is 25.1 Å². The van der Waals surface area contributed by atoms with Gasteiger partial charge in [-0.2, -0.15) is 5.10 Å². The molecule has 2 amide bonds. The van der Waals surface area contributed by atoms with Crippen LogP contribution in [0.5, 0.6) is 11.5 Å². The van der Waals surface area contributed by atoms with E-state index in [-0.39, 0.29) is 12.1 Å². The third kappa shape index (κ3) is 4.62. The molecule has 1 aromatic carbocycles. The van der Waals surface area contributed by atoms with Crippen molar-refractivity contribution < 1.29 is 14.3 Å². The standard InChI is InChI=1S/C17H25N5O3/c1-12(16-18-11-19-22(16)3)20-17(23)21(2)9-8-13-6-7-14(24-4)15(10-13)25-5/h6-7,10-12H,8-9H2,1-5H3,(H,20,23). The molecule has 136 valence electrons. The summed E-state index contributed by atoms with van der Waals surface area (Å²) in [6, 6.07) is 5.38. The lowest BCUT2D eigenvalue weighted by molar-refractivity contribution is 0.205. The normalized spacial score (nSPS) is 11.7. The Morgan fingerprint density at radius 3 is 2.64 bits per heavy atom. The summed E-state index contributed by atoms with van der Waals surface area (Å²) in [5.74, 6) is 2.08. The molecule has 0 spiro atoms. The molecular weight excluding hydrogens is 322 g/mol. The Morgan fingerprint density at radius 1 is 1.32 bits per heavy atom. The highest BCUT2D eigenvalue weighted by Gasteiger charge is 2.16. The molecule has 0 aliphatic carbocycles. The SMILES string of the molecule is COc1ccc(CCN(C)C(=O)NC(C)c2ncnn2C)cc1OC. The minimum Gasteiger partial charge on any atom is -0.493 e. The number of amides is 2. The number of aryl methyl sites for hydroxylation is 1. The van der Waals surface area contributed by atoms with Gasteiger partial charge in [-0.1, -0.05) is 6.07 Å². The quantitative estimate of drug-likeness (QED) is 0.826. The van der Waals surface area contributed by atoms with Gasteiger partial charge in [-0.05, 0) is 31.0 Å². The van der Waals surface area contributed by atoms with Crippen LogP contribution in [0.2, 0.25) is 0 Å². The molecule has 0 bridgehead atoms. The van der Waals surface area contributed by atoms with Crippen molar-refractivity contribution in [3.05, 3.63) is 35.9 Å². The molecule has 0 aliphatic rings. The van der Waals surface area contributed by atoms with Crippen molar-refractivity contribution in [2.45, 2.75) is 19.4 Å². The van der Waals surface area contributed by atoms with Crippen molar-refractivity contribution >= 4 is 6.03 Å². The molecule has 25 heavy (non-hydrogen) atoms. The van der Waals surface area contributed by atoms with Gasteiger partial charge in [-0.3, -0.25) is 4.68 Å². The first-order chi connectivity index (χ1) is 12.0. The molecule has 0 aliphatic heterocycles. The molecule has 1 heterocycles. The molecule has 8 nitrogen and oxygen atoms in total. The fraction of sp³-hybridized carbons (Fsp3) is 0.471. The summed E-state index contributed by atoms with van der Waals surface area (Å²) in [4.78, 5) is 18.1. The molecule has 2 rings (SSSR count). The minimum absolute atomic E-state index is 0.157. The molecule has 2 aromatic rings. The number of hydrogen-bond donors (Lipinski definition) is 1. The number of methoxy groups -OCH3 is 2. The number of carbonyl (C=O) groups is 1. The fourth-order valence-electron chi connectivity index (χ4n) is 2.49. The molecule has 1 N–H and O–H groups in total. The van der Waals surface area contributed by atoms with E-state index < -0.39 is 0 Å². The largest absolute Gasteiger partial charge is 0.493 e. The third-order valence-electron chi connectivity index (χ3n) is 4.00. The summed E-state index contributed by atoms with van der Waals surface area (Å²) in [7, 11) is 6.77. The van der Waals surface area contributed by atoms with E-state index in [1.165, 1.54) is 6.33 Å². The Bertz CT molecular complexity index is 716. The van der Waals surface area contributed by atoms with Crippen LogP contribution in [0.4, 0.5) is 4.79 Å². The Hall–Kier alpha value is -2.77. The lowest BCUT2D eigenvalue weighted by Crippen LogP contribution is -2.40. The second-order valence-electron chi connectivity index (χ2n) is 5.77. The number of aromatic nitrogens is 3. The van der Waals surface area contributed by atoms with Crippen molar-refractivity contribution in [1.29, 1.82) is 0 Å². The van der Waals surface area contributed by atoms with E-state index >= 15 is 0 Å². The second kappa shape index (κ2) is 8.36. The van der Waals surface area contributed by atoms with E-state index in [4.69, 9.17) is 9.47 Å². The topological polar surface area (TPSA) is 81.5 Å². The summed E-state index contributed by atoms with van der Waals surface area (Å²) in [5.41, 5.74) is 1.07. The predicted octanol–water partition coefficient (Wildman–Crippen LogP) is 1.78. The Kier molecular flexibility index (Phi) is 6.21. The first-order valence-electron chi connectivity index (χ1n) is 8.02. The summed E-state index contributed by atoms with van der Waals surface area (Å²) in [6.07, 6.45) is 2.18. The highest BCUT2D eigenvalue weighted by Crippen LogP contribution is 2.27. The van der Waals surface area contributed by atoms with Gasteiger partial charge in [0.25, 0.3) is 0 Å². The Morgan fingerprint density at radius 2 is 2.04 bits per heavy atom. The van der Waals surface area contributed by atoms with Gasteiger partial charge in [0.15, 0.2) is 11.5 Å². The second-order valence-corrected chi connectivity index (χ2v) is 5.77. The van der Waals surface area contributed by atoms with Gasteiger partial charge in [0.05, 0.1) is 20.3 Å². The van der Waals surface area contributed by atoms with Crippen LogP contribution >= 0.6 is 0 Å². The van der Waals surface area contributed by atoms with Crippen molar-refractivity contribution in [1.82, 2.24) is 25.0 Å². The number of carbonyl (C=O) groups excluding carboxylic acids is 1. The van der Waals surface area contributed by atoms with Crippen LogP contribution in [-0.4, -0.2) is 53.5 Å². The molecular formula is C17H25N5O3. The highest BCUT2D eigenvalue weighted by molar-refractivity contribution is 5.74. The van der Waals surface area contributed by atoms with Crippen LogP contribution in [0.3, 0.4) is 0 Å². The zero-order chi connectivity index (χ0) is 18.4. The number of nitrogens with one attached hydrogen (secondary N) is 1. The van der Waals surface area contributed by atoms with Crippen LogP contribution in [0.25, 0.3) is 0 Å². The summed E-state index contributed by atoms with van der Waals surface area (Å²) in [5, 5.41) is 6.93. The summed E-state index contributed by atoms with van der Waals surface area (Å²) in [6.45, 7) is 2.46. The maximum Gasteiger partial charge on any atom is 0.317 e. The smallest absolute Gasteiger partial charge is 0.317 e. The highest BCUT2D eigenvalue weighted by atomic mass is 16.5. The average molecular weight is 347 g/mol. The maximum absolute atomic E-state index is 12.3. The van der Waals surface area contributed by atoms with Crippen molar-refractivity contribution in [2.24, 2.45) is 7.05 Å². The van der Waals surface area contributed by atoms with Gasteiger partial charge in [0.1, 0.15) is 12.2 Å². The monoisotopic (exact) mass is 347 g/mol. The van der Waals surface area contributed by atoms with Crippen LogP contribution in [0.15, 0.2) is 24.5 Å². The average Bonchev–Trinajstić information content (AvgIpc) is 3.05. The number of nitrogens with zero attached hydrogens (tertiary/aromatic N) is 4. The molecule has 1 atom stereocenters. The number of rotatable bonds is 7. The third-order valence-corrected chi connectivity index (χ3v) is 4.00. The van der Waals surface area contributed by atoms with E-state index in [2.05, 4.69) is 15.4 Å². The van der Waals surface area contributed by atoms with E-state index in [9.17, 15) is 4.79 Å². The summed E-state index contributed by atoms with van der Waals surface area (Å²) >= 11 is 0. The zero-order valence-corrected chi connectivity index (χ0v) is 15.3. The first-order valence-corrected chi connectivity index (χ1v) is 8.02. The van der Waals surface area contributed by atoms with E-state index in [0.29, 0.717) is 30.3 Å². The number of hydrogen-bond acceptors (Lipinski definition) is 5. The van der Waals surface area contributed by atoms with Crippen molar-refractivity contribution in [2.75, 3.05) is 27.8 Å². The van der Waals surface area contributed by atoms with E-state index in [0.717, 1.165) is 5.56 Å². The summed E-state index contributed by atoms with van der Waals surface area (Å²) < 4.78 is 12.2. The number of ether oxygens (including phenoxy) is 2. The first kappa shape index (κ1) is 18.6. The lowest BCUT2D eigenvalue weighted by atomic mass is 10.1. The van der Waals surface area contributed by atoms with Crippen LogP contribution in [-0.2, 0) is 13.5 Å². The number of urea groups is 1. The predicted molar refractivity (Wildman–Crippen MR) is 93.8 cm³/mol.